The average Bonchev–Trinajstić information content (AvgIpc) is 3.31. The second kappa shape index (κ2) is 10.7. The molecule has 0 aliphatic carbocycles. The molecule has 2 aliphatic heterocycles. The zero-order chi connectivity index (χ0) is 20.6. The van der Waals surface area contributed by atoms with Crippen LogP contribution in [0.5, 0.6) is 0 Å². The topological polar surface area (TPSA) is 46.6 Å². The highest BCUT2D eigenvalue weighted by Crippen LogP contribution is 2.40. The predicted molar refractivity (Wildman–Crippen MR) is 119 cm³/mol. The summed E-state index contributed by atoms with van der Waals surface area (Å²) in [5.41, 5.74) is 2.29. The van der Waals surface area contributed by atoms with Gasteiger partial charge >= 0.3 is 5.97 Å². The number of ether oxygens (including phenoxy) is 1. The number of carbonyl (C=O) groups excluding carboxylic acids is 2. The number of thioether (sulfide) groups is 1. The third-order valence-electron chi connectivity index (χ3n) is 5.60. The number of Topliss-reactive ketones (excluding diaryl/α,β-unsaturated/α-hetero) is 1. The maximum atomic E-state index is 13.1. The van der Waals surface area contributed by atoms with Crippen molar-refractivity contribution in [3.05, 3.63) is 58.1 Å². The third kappa shape index (κ3) is 5.13. The van der Waals surface area contributed by atoms with E-state index in [-0.39, 0.29) is 17.8 Å². The monoisotopic (exact) mass is 413 g/mol. The zero-order valence-corrected chi connectivity index (χ0v) is 18.3. The molecule has 1 aromatic rings. The first kappa shape index (κ1) is 21.7. The van der Waals surface area contributed by atoms with Crippen molar-refractivity contribution < 1.29 is 14.3 Å². The Morgan fingerprint density at radius 1 is 1.10 bits per heavy atom. The maximum absolute atomic E-state index is 13.1. The largest absolute Gasteiger partial charge is 0.462 e. The summed E-state index contributed by atoms with van der Waals surface area (Å²) in [4.78, 5) is 28.8. The van der Waals surface area contributed by atoms with Crippen molar-refractivity contribution in [2.45, 2.75) is 57.9 Å². The minimum absolute atomic E-state index is 0.0860. The van der Waals surface area contributed by atoms with Gasteiger partial charge in [-0.15, -0.1) is 11.8 Å². The second-order valence-electron chi connectivity index (χ2n) is 7.59. The lowest BCUT2D eigenvalue weighted by Crippen LogP contribution is -2.36. The Labute approximate surface area is 178 Å². The molecular weight excluding hydrogens is 382 g/mol. The van der Waals surface area contributed by atoms with E-state index in [0.717, 1.165) is 23.4 Å². The van der Waals surface area contributed by atoms with Gasteiger partial charge in [0.1, 0.15) is 6.04 Å². The van der Waals surface area contributed by atoms with Crippen molar-refractivity contribution in [3.8, 4) is 0 Å². The van der Waals surface area contributed by atoms with Gasteiger partial charge in [-0.05, 0) is 25.2 Å². The van der Waals surface area contributed by atoms with Gasteiger partial charge in [0.25, 0.3) is 0 Å². The Kier molecular flexibility index (Phi) is 7.99. The minimum atomic E-state index is -0.328. The number of unbranched alkanes of at least 4 members (excludes halogenated alkanes) is 5. The second-order valence-corrected chi connectivity index (χ2v) is 8.47. The molecule has 3 rings (SSSR count). The summed E-state index contributed by atoms with van der Waals surface area (Å²) in [7, 11) is 0. The standard InChI is InChI=1S/C24H31NO3S/c1-3-4-5-6-7-11-16-28-24(27)19-14-15-25-20(19)17-21(29-2)22(25)23(26)18-12-9-8-10-13-18/h8-10,12-13,17,22H,3-7,11,14-16H2,1-2H3. The zero-order valence-electron chi connectivity index (χ0n) is 17.5. The highest BCUT2D eigenvalue weighted by molar-refractivity contribution is 8.02. The van der Waals surface area contributed by atoms with Gasteiger partial charge in [-0.25, -0.2) is 4.79 Å². The predicted octanol–water partition coefficient (Wildman–Crippen LogP) is 5.36. The highest BCUT2D eigenvalue weighted by Gasteiger charge is 2.41. The Hall–Kier alpha value is -2.01. The molecule has 0 aromatic heterocycles. The number of hydrogen-bond acceptors (Lipinski definition) is 5. The van der Waals surface area contributed by atoms with Crippen LogP contribution in [0.25, 0.3) is 0 Å². The number of carbonyl (C=O) groups is 2. The van der Waals surface area contributed by atoms with Crippen molar-refractivity contribution in [1.29, 1.82) is 0 Å². The molecule has 2 aliphatic rings. The van der Waals surface area contributed by atoms with Crippen LogP contribution in [0.3, 0.4) is 0 Å². The summed E-state index contributed by atoms with van der Waals surface area (Å²) >= 11 is 1.58. The van der Waals surface area contributed by atoms with Crippen LogP contribution in [0.1, 0.15) is 62.2 Å². The van der Waals surface area contributed by atoms with E-state index in [9.17, 15) is 9.59 Å². The summed E-state index contributed by atoms with van der Waals surface area (Å²) < 4.78 is 5.55. The number of allylic oxidation sites excluding steroid dienone is 1. The molecule has 0 bridgehead atoms. The number of nitrogens with zero attached hydrogens (tertiary/aromatic N) is 1. The molecule has 1 atom stereocenters. The number of fused-ring (bicyclic) bond motifs is 1. The molecule has 1 aromatic carbocycles. The van der Waals surface area contributed by atoms with E-state index in [1.54, 1.807) is 11.8 Å². The van der Waals surface area contributed by atoms with Crippen molar-refractivity contribution in [1.82, 2.24) is 4.90 Å². The fourth-order valence-electron chi connectivity index (χ4n) is 4.00. The molecule has 4 nitrogen and oxygen atoms in total. The molecule has 0 radical (unpaired) electrons. The Morgan fingerprint density at radius 2 is 1.83 bits per heavy atom. The molecular formula is C24H31NO3S. The molecule has 156 valence electrons. The van der Waals surface area contributed by atoms with Gasteiger partial charge in [-0.3, -0.25) is 4.79 Å². The van der Waals surface area contributed by atoms with Crippen molar-refractivity contribution in [3.63, 3.8) is 0 Å². The fraction of sp³-hybridized carbons (Fsp3) is 0.500. The van der Waals surface area contributed by atoms with Gasteiger partial charge < -0.3 is 9.64 Å². The van der Waals surface area contributed by atoms with Crippen LogP contribution in [0.2, 0.25) is 0 Å². The van der Waals surface area contributed by atoms with E-state index in [4.69, 9.17) is 4.74 Å². The number of ketones is 1. The van der Waals surface area contributed by atoms with Crippen molar-refractivity contribution >= 4 is 23.5 Å². The van der Waals surface area contributed by atoms with Gasteiger partial charge in [-0.1, -0.05) is 69.4 Å². The molecule has 1 unspecified atom stereocenters. The first-order valence-corrected chi connectivity index (χ1v) is 11.9. The van der Waals surface area contributed by atoms with Crippen LogP contribution in [-0.4, -0.2) is 42.1 Å². The van der Waals surface area contributed by atoms with E-state index in [0.29, 0.717) is 30.7 Å². The maximum Gasteiger partial charge on any atom is 0.336 e. The quantitative estimate of drug-likeness (QED) is 0.278. The normalized spacial score (nSPS) is 18.1. The van der Waals surface area contributed by atoms with Gasteiger partial charge in [0.15, 0.2) is 5.78 Å². The molecule has 2 heterocycles. The smallest absolute Gasteiger partial charge is 0.336 e. The van der Waals surface area contributed by atoms with E-state index >= 15 is 0 Å². The third-order valence-corrected chi connectivity index (χ3v) is 6.41. The van der Waals surface area contributed by atoms with Crippen LogP contribution in [0.4, 0.5) is 0 Å². The first-order chi connectivity index (χ1) is 14.2. The van der Waals surface area contributed by atoms with Gasteiger partial charge in [0.2, 0.25) is 0 Å². The summed E-state index contributed by atoms with van der Waals surface area (Å²) in [5.74, 6) is -0.136. The van der Waals surface area contributed by atoms with Crippen LogP contribution in [0, 0.1) is 0 Å². The van der Waals surface area contributed by atoms with Crippen molar-refractivity contribution in [2.75, 3.05) is 19.4 Å². The van der Waals surface area contributed by atoms with Gasteiger partial charge in [0, 0.05) is 22.7 Å². The Morgan fingerprint density at radius 3 is 2.55 bits per heavy atom. The van der Waals surface area contributed by atoms with Crippen LogP contribution < -0.4 is 0 Å². The Bertz CT molecular complexity index is 785. The lowest BCUT2D eigenvalue weighted by atomic mass is 10.0. The van der Waals surface area contributed by atoms with E-state index < -0.39 is 0 Å². The lowest BCUT2D eigenvalue weighted by molar-refractivity contribution is -0.139. The molecule has 0 N–H and O–H groups in total. The fourth-order valence-corrected chi connectivity index (χ4v) is 4.69. The molecule has 0 fully saturated rings. The first-order valence-electron chi connectivity index (χ1n) is 10.7. The SMILES string of the molecule is CCCCCCCCOC(=O)C1=C2C=C(SC)C(C(=O)c3ccccc3)N2CC1. The van der Waals surface area contributed by atoms with Crippen LogP contribution in [0.15, 0.2) is 52.6 Å². The van der Waals surface area contributed by atoms with E-state index in [1.807, 2.05) is 42.7 Å². The number of rotatable bonds is 11. The summed E-state index contributed by atoms with van der Waals surface area (Å²) in [6.07, 6.45) is 11.6. The van der Waals surface area contributed by atoms with E-state index in [2.05, 4.69) is 11.8 Å². The average molecular weight is 414 g/mol. The van der Waals surface area contributed by atoms with Crippen LogP contribution in [-0.2, 0) is 9.53 Å². The summed E-state index contributed by atoms with van der Waals surface area (Å²) in [6.45, 7) is 3.37. The number of esters is 1. The molecule has 29 heavy (non-hydrogen) atoms. The molecule has 0 amide bonds. The molecule has 0 saturated carbocycles. The highest BCUT2D eigenvalue weighted by atomic mass is 32.2. The Balaban J connectivity index is 1.62. The molecule has 0 saturated heterocycles. The van der Waals surface area contributed by atoms with Gasteiger partial charge in [-0.2, -0.15) is 0 Å². The molecule has 5 heteroatoms. The summed E-state index contributed by atoms with van der Waals surface area (Å²) in [6, 6.07) is 9.07. The van der Waals surface area contributed by atoms with Crippen molar-refractivity contribution in [2.24, 2.45) is 0 Å². The van der Waals surface area contributed by atoms with Crippen LogP contribution >= 0.6 is 11.8 Å². The lowest BCUT2D eigenvalue weighted by Gasteiger charge is -2.25. The van der Waals surface area contributed by atoms with E-state index in [1.165, 1.54) is 25.7 Å². The summed E-state index contributed by atoms with van der Waals surface area (Å²) in [5, 5.41) is 0. The van der Waals surface area contributed by atoms with Gasteiger partial charge in [0.05, 0.1) is 12.2 Å². The molecule has 0 spiro atoms. The number of hydrogen-bond donors (Lipinski definition) is 0. The number of benzene rings is 1. The minimum Gasteiger partial charge on any atom is -0.462 e.